The van der Waals surface area contributed by atoms with Crippen LogP contribution in [0.4, 0.5) is 0 Å². The van der Waals surface area contributed by atoms with E-state index in [2.05, 4.69) is 0 Å². The number of aliphatic carboxylic acids is 1. The Hall–Kier alpha value is -2.08. The molecule has 1 aromatic rings. The highest BCUT2D eigenvalue weighted by molar-refractivity contribution is 5.84. The molecule has 20 heavy (non-hydrogen) atoms. The van der Waals surface area contributed by atoms with Gasteiger partial charge in [0.2, 0.25) is 0 Å². The monoisotopic (exact) mass is 279 g/mol. The van der Waals surface area contributed by atoms with Gasteiger partial charge in [0, 0.05) is 6.54 Å². The minimum absolute atomic E-state index is 0.0194. The molecule has 1 aliphatic heterocycles. The van der Waals surface area contributed by atoms with E-state index in [0.29, 0.717) is 12.4 Å². The van der Waals surface area contributed by atoms with Gasteiger partial charge in [0.15, 0.2) is 12.6 Å². The fourth-order valence-electron chi connectivity index (χ4n) is 1.97. The number of carbonyl (C=O) groups is 2. The van der Waals surface area contributed by atoms with Crippen molar-refractivity contribution in [3.63, 3.8) is 0 Å². The number of hydrogen-bond acceptors (Lipinski definition) is 4. The zero-order valence-electron chi connectivity index (χ0n) is 11.2. The van der Waals surface area contributed by atoms with Crippen LogP contribution in [0.25, 0.3) is 0 Å². The molecule has 2 rings (SSSR count). The van der Waals surface area contributed by atoms with Gasteiger partial charge in [0.05, 0.1) is 13.2 Å². The normalized spacial score (nSPS) is 18.6. The zero-order chi connectivity index (χ0) is 14.5. The minimum Gasteiger partial charge on any atom is -0.484 e. The maximum atomic E-state index is 12.0. The summed E-state index contributed by atoms with van der Waals surface area (Å²) in [6, 6.07) is 6.38. The molecular weight excluding hydrogens is 262 g/mol. The first-order valence-corrected chi connectivity index (χ1v) is 6.37. The van der Waals surface area contributed by atoms with E-state index in [1.54, 1.807) is 12.1 Å². The average Bonchev–Trinajstić information content (AvgIpc) is 2.46. The summed E-state index contributed by atoms with van der Waals surface area (Å²) in [5.74, 6) is -0.821. The molecule has 0 bridgehead atoms. The standard InChI is InChI=1S/C14H17NO5/c1-10-2-4-11(5-3-10)20-9-13(16)15-6-7-19-8-12(15)14(17)18/h2-5,12H,6-9H2,1H3,(H,17,18)/t12-/m1/s1. The molecule has 1 N–H and O–H groups in total. The van der Waals surface area contributed by atoms with E-state index in [1.807, 2.05) is 19.1 Å². The summed E-state index contributed by atoms with van der Waals surface area (Å²) in [5, 5.41) is 9.06. The predicted molar refractivity (Wildman–Crippen MR) is 70.6 cm³/mol. The largest absolute Gasteiger partial charge is 0.484 e. The van der Waals surface area contributed by atoms with Crippen LogP contribution in [0.15, 0.2) is 24.3 Å². The molecule has 1 fully saturated rings. The van der Waals surface area contributed by atoms with Crippen LogP contribution in [0.5, 0.6) is 5.75 Å². The molecule has 0 radical (unpaired) electrons. The Morgan fingerprint density at radius 2 is 2.10 bits per heavy atom. The first kappa shape index (κ1) is 14.3. The zero-order valence-corrected chi connectivity index (χ0v) is 11.2. The molecule has 1 aromatic carbocycles. The van der Waals surface area contributed by atoms with Crippen LogP contribution in [-0.2, 0) is 14.3 Å². The van der Waals surface area contributed by atoms with Gasteiger partial charge in [-0.1, -0.05) is 17.7 Å². The first-order chi connectivity index (χ1) is 9.58. The molecule has 0 unspecified atom stereocenters. The number of carbonyl (C=O) groups excluding carboxylic acids is 1. The van der Waals surface area contributed by atoms with E-state index >= 15 is 0 Å². The number of carboxylic acid groups (broad SMARTS) is 1. The fraction of sp³-hybridized carbons (Fsp3) is 0.429. The van der Waals surface area contributed by atoms with Crippen molar-refractivity contribution in [3.8, 4) is 5.75 Å². The van der Waals surface area contributed by atoms with E-state index in [0.717, 1.165) is 5.56 Å². The number of hydrogen-bond donors (Lipinski definition) is 1. The van der Waals surface area contributed by atoms with E-state index in [9.17, 15) is 9.59 Å². The molecule has 1 aliphatic rings. The molecule has 6 nitrogen and oxygen atoms in total. The van der Waals surface area contributed by atoms with Crippen molar-refractivity contribution >= 4 is 11.9 Å². The summed E-state index contributed by atoms with van der Waals surface area (Å²) in [6.07, 6.45) is 0. The van der Waals surface area contributed by atoms with Crippen molar-refractivity contribution in [2.24, 2.45) is 0 Å². The van der Waals surface area contributed by atoms with Crippen LogP contribution >= 0.6 is 0 Å². The molecule has 108 valence electrons. The van der Waals surface area contributed by atoms with E-state index < -0.39 is 12.0 Å². The topological polar surface area (TPSA) is 76.1 Å². The third-order valence-corrected chi connectivity index (χ3v) is 3.12. The number of benzene rings is 1. The summed E-state index contributed by atoms with van der Waals surface area (Å²) < 4.78 is 10.5. The highest BCUT2D eigenvalue weighted by Gasteiger charge is 2.32. The van der Waals surface area contributed by atoms with Gasteiger partial charge in [0.1, 0.15) is 5.75 Å². The van der Waals surface area contributed by atoms with Gasteiger partial charge >= 0.3 is 5.97 Å². The third kappa shape index (κ3) is 3.48. The van der Waals surface area contributed by atoms with Gasteiger partial charge in [-0.15, -0.1) is 0 Å². The number of rotatable bonds is 4. The van der Waals surface area contributed by atoms with E-state index in [-0.39, 0.29) is 25.7 Å². The quantitative estimate of drug-likeness (QED) is 0.877. The number of amides is 1. The van der Waals surface area contributed by atoms with Crippen LogP contribution in [0.2, 0.25) is 0 Å². The molecule has 1 heterocycles. The van der Waals surface area contributed by atoms with Crippen LogP contribution in [-0.4, -0.2) is 54.3 Å². The Balaban J connectivity index is 1.93. The Kier molecular flexibility index (Phi) is 4.57. The Labute approximate surface area is 116 Å². The van der Waals surface area contributed by atoms with Gasteiger partial charge in [-0.2, -0.15) is 0 Å². The van der Waals surface area contributed by atoms with Crippen LogP contribution in [0.1, 0.15) is 5.56 Å². The number of ether oxygens (including phenoxy) is 2. The second kappa shape index (κ2) is 6.38. The maximum Gasteiger partial charge on any atom is 0.328 e. The molecule has 0 spiro atoms. The number of carboxylic acids is 1. The Bertz CT molecular complexity index is 485. The summed E-state index contributed by atoms with van der Waals surface area (Å²) in [7, 11) is 0. The van der Waals surface area contributed by atoms with Crippen LogP contribution < -0.4 is 4.74 Å². The van der Waals surface area contributed by atoms with Crippen molar-refractivity contribution in [1.82, 2.24) is 4.90 Å². The Morgan fingerprint density at radius 1 is 1.40 bits per heavy atom. The minimum atomic E-state index is -1.06. The van der Waals surface area contributed by atoms with Gasteiger partial charge in [-0.05, 0) is 19.1 Å². The molecule has 0 saturated carbocycles. The maximum absolute atomic E-state index is 12.0. The SMILES string of the molecule is Cc1ccc(OCC(=O)N2CCOC[C@@H]2C(=O)O)cc1. The van der Waals surface area contributed by atoms with Crippen LogP contribution in [0.3, 0.4) is 0 Å². The lowest BCUT2D eigenvalue weighted by molar-refractivity contribution is -0.159. The van der Waals surface area contributed by atoms with E-state index in [1.165, 1.54) is 4.90 Å². The van der Waals surface area contributed by atoms with Crippen molar-refractivity contribution in [1.29, 1.82) is 0 Å². The summed E-state index contributed by atoms with van der Waals surface area (Å²) in [5.41, 5.74) is 1.10. The second-order valence-electron chi connectivity index (χ2n) is 4.62. The van der Waals surface area contributed by atoms with E-state index in [4.69, 9.17) is 14.6 Å². The van der Waals surface area contributed by atoms with Gasteiger partial charge < -0.3 is 19.5 Å². The summed E-state index contributed by atoms with van der Waals surface area (Å²) >= 11 is 0. The molecular formula is C14H17NO5. The fourth-order valence-corrected chi connectivity index (χ4v) is 1.97. The van der Waals surface area contributed by atoms with Gasteiger partial charge in [-0.25, -0.2) is 4.79 Å². The second-order valence-corrected chi connectivity index (χ2v) is 4.62. The molecule has 1 saturated heterocycles. The molecule has 6 heteroatoms. The predicted octanol–water partition coefficient (Wildman–Crippen LogP) is 0.686. The number of morpholine rings is 1. The highest BCUT2D eigenvalue weighted by atomic mass is 16.5. The molecule has 0 aliphatic carbocycles. The van der Waals surface area contributed by atoms with Gasteiger partial charge in [0.25, 0.3) is 5.91 Å². The number of nitrogens with zero attached hydrogens (tertiary/aromatic N) is 1. The van der Waals surface area contributed by atoms with Crippen molar-refractivity contribution < 1.29 is 24.2 Å². The highest BCUT2D eigenvalue weighted by Crippen LogP contribution is 2.13. The first-order valence-electron chi connectivity index (χ1n) is 6.37. The summed E-state index contributed by atoms with van der Waals surface area (Å²) in [6.45, 7) is 2.42. The molecule has 1 atom stereocenters. The average molecular weight is 279 g/mol. The lowest BCUT2D eigenvalue weighted by Crippen LogP contribution is -2.53. The van der Waals surface area contributed by atoms with Crippen molar-refractivity contribution in [2.45, 2.75) is 13.0 Å². The van der Waals surface area contributed by atoms with Crippen molar-refractivity contribution in [3.05, 3.63) is 29.8 Å². The Morgan fingerprint density at radius 3 is 2.75 bits per heavy atom. The number of aryl methyl sites for hydroxylation is 1. The van der Waals surface area contributed by atoms with Gasteiger partial charge in [-0.3, -0.25) is 4.79 Å². The van der Waals surface area contributed by atoms with Crippen molar-refractivity contribution in [2.75, 3.05) is 26.4 Å². The summed E-state index contributed by atoms with van der Waals surface area (Å²) in [4.78, 5) is 24.4. The molecule has 1 amide bonds. The smallest absolute Gasteiger partial charge is 0.328 e. The lowest BCUT2D eigenvalue weighted by Gasteiger charge is -2.32. The third-order valence-electron chi connectivity index (χ3n) is 3.12. The molecule has 0 aromatic heterocycles. The van der Waals surface area contributed by atoms with Crippen LogP contribution in [0, 0.1) is 6.92 Å². The lowest BCUT2D eigenvalue weighted by atomic mass is 10.2.